The van der Waals surface area contributed by atoms with Crippen molar-refractivity contribution in [1.82, 2.24) is 19.6 Å². The number of fused-ring (bicyclic) bond motifs is 1. The minimum absolute atomic E-state index is 0.131. The lowest BCUT2D eigenvalue weighted by Crippen LogP contribution is -2.23. The Kier molecular flexibility index (Phi) is 6.43. The van der Waals surface area contributed by atoms with Gasteiger partial charge in [-0.3, -0.25) is 14.7 Å². The molecule has 2 aromatic carbocycles. The predicted octanol–water partition coefficient (Wildman–Crippen LogP) is 4.22. The van der Waals surface area contributed by atoms with Crippen molar-refractivity contribution in [2.45, 2.75) is 26.3 Å². The number of H-pyrrole nitrogens is 1. The molecule has 3 N–H and O–H groups in total. The summed E-state index contributed by atoms with van der Waals surface area (Å²) in [6.45, 7) is 2.24. The van der Waals surface area contributed by atoms with Crippen LogP contribution in [0.3, 0.4) is 0 Å². The first-order chi connectivity index (χ1) is 15.4. The third kappa shape index (κ3) is 5.09. The molecule has 0 aliphatic heterocycles. The zero-order chi connectivity index (χ0) is 22.7. The fourth-order valence-electron chi connectivity index (χ4n) is 3.24. The number of amides is 1. The molecule has 1 amide bonds. The molecule has 164 valence electrons. The summed E-state index contributed by atoms with van der Waals surface area (Å²) in [6.07, 6.45) is 0.381. The van der Waals surface area contributed by atoms with Crippen molar-refractivity contribution in [3.63, 3.8) is 0 Å². The number of aromatic nitrogens is 4. The van der Waals surface area contributed by atoms with E-state index in [0.717, 1.165) is 5.56 Å². The molecule has 0 saturated heterocycles. The summed E-state index contributed by atoms with van der Waals surface area (Å²) in [5, 5.41) is 10.0. The van der Waals surface area contributed by atoms with Gasteiger partial charge in [0.15, 0.2) is 0 Å². The van der Waals surface area contributed by atoms with Gasteiger partial charge in [0.25, 0.3) is 11.3 Å². The molecular formula is C22H20Cl2N6O2. The molecule has 0 aliphatic carbocycles. The van der Waals surface area contributed by atoms with Crippen LogP contribution in [-0.2, 0) is 17.8 Å². The van der Waals surface area contributed by atoms with Crippen LogP contribution < -0.4 is 16.2 Å². The van der Waals surface area contributed by atoms with Crippen LogP contribution in [0.2, 0.25) is 10.0 Å². The van der Waals surface area contributed by atoms with E-state index >= 15 is 0 Å². The zero-order valence-corrected chi connectivity index (χ0v) is 18.7. The highest BCUT2D eigenvalue weighted by atomic mass is 35.5. The van der Waals surface area contributed by atoms with Crippen molar-refractivity contribution >= 4 is 46.5 Å². The Hall–Kier alpha value is -3.36. The third-order valence-corrected chi connectivity index (χ3v) is 5.37. The average Bonchev–Trinajstić information content (AvgIpc) is 3.16. The van der Waals surface area contributed by atoms with Gasteiger partial charge in [0.1, 0.15) is 0 Å². The zero-order valence-electron chi connectivity index (χ0n) is 17.2. The number of hydrogen-bond donors (Lipinski definition) is 3. The molecule has 0 bridgehead atoms. The summed E-state index contributed by atoms with van der Waals surface area (Å²) in [5.74, 6) is 0.462. The standard InChI is InChI=1S/C22H20Cl2N6O2/c1-13-18(9-10-19(31)27-17-4-2-3-16(24)11-17)20(32)30-22(26-13)28-21(29-30)25-12-14-5-7-15(23)8-6-14/h2-8,11H,9-10,12H2,1H3,(H,27,31)(H2,25,26,28,29). The van der Waals surface area contributed by atoms with E-state index in [2.05, 4.69) is 25.7 Å². The molecular weight excluding hydrogens is 451 g/mol. The number of anilines is 2. The van der Waals surface area contributed by atoms with Gasteiger partial charge >= 0.3 is 0 Å². The fraction of sp³-hybridized carbons (Fsp3) is 0.182. The summed E-state index contributed by atoms with van der Waals surface area (Å²) < 4.78 is 1.28. The second kappa shape index (κ2) is 9.42. The molecule has 0 saturated carbocycles. The molecule has 0 fully saturated rings. The number of carbonyl (C=O) groups is 1. The van der Waals surface area contributed by atoms with Crippen molar-refractivity contribution in [3.8, 4) is 0 Å². The van der Waals surface area contributed by atoms with Gasteiger partial charge in [0, 0.05) is 34.3 Å². The Labute approximate surface area is 193 Å². The number of halogens is 2. The Morgan fingerprint density at radius 1 is 1.09 bits per heavy atom. The number of benzene rings is 2. The van der Waals surface area contributed by atoms with Crippen LogP contribution in [0.1, 0.15) is 23.2 Å². The summed E-state index contributed by atoms with van der Waals surface area (Å²) in [4.78, 5) is 34.0. The van der Waals surface area contributed by atoms with Crippen molar-refractivity contribution in [1.29, 1.82) is 0 Å². The Bertz CT molecular complexity index is 1330. The molecule has 4 aromatic rings. The topological polar surface area (TPSA) is 104 Å². The lowest BCUT2D eigenvalue weighted by atomic mass is 10.1. The van der Waals surface area contributed by atoms with Gasteiger partial charge in [-0.1, -0.05) is 41.4 Å². The van der Waals surface area contributed by atoms with Crippen LogP contribution in [0, 0.1) is 6.92 Å². The quantitative estimate of drug-likeness (QED) is 0.375. The number of nitrogens with one attached hydrogen (secondary N) is 3. The van der Waals surface area contributed by atoms with E-state index in [9.17, 15) is 9.59 Å². The minimum Gasteiger partial charge on any atom is -0.351 e. The van der Waals surface area contributed by atoms with Gasteiger partial charge in [0.05, 0.1) is 5.69 Å². The molecule has 0 radical (unpaired) electrons. The lowest BCUT2D eigenvalue weighted by Gasteiger charge is -2.07. The van der Waals surface area contributed by atoms with Gasteiger partial charge in [-0.05, 0) is 49.2 Å². The second-order valence-corrected chi connectivity index (χ2v) is 8.10. The first kappa shape index (κ1) is 21.9. The maximum atomic E-state index is 12.9. The van der Waals surface area contributed by atoms with Gasteiger partial charge in [-0.15, -0.1) is 0 Å². The third-order valence-electron chi connectivity index (χ3n) is 4.88. The lowest BCUT2D eigenvalue weighted by molar-refractivity contribution is -0.116. The van der Waals surface area contributed by atoms with Crippen LogP contribution in [0.25, 0.3) is 5.78 Å². The van der Waals surface area contributed by atoms with E-state index in [1.54, 1.807) is 43.3 Å². The van der Waals surface area contributed by atoms with E-state index in [-0.39, 0.29) is 30.1 Å². The Morgan fingerprint density at radius 3 is 2.62 bits per heavy atom. The summed E-state index contributed by atoms with van der Waals surface area (Å²) in [7, 11) is 0. The number of rotatable bonds is 7. The van der Waals surface area contributed by atoms with E-state index < -0.39 is 0 Å². The van der Waals surface area contributed by atoms with Crippen LogP contribution in [0.15, 0.2) is 53.3 Å². The first-order valence-corrected chi connectivity index (χ1v) is 10.7. The second-order valence-electron chi connectivity index (χ2n) is 7.23. The molecule has 0 unspecified atom stereocenters. The van der Waals surface area contributed by atoms with Gasteiger partial charge < -0.3 is 10.6 Å². The Morgan fingerprint density at radius 2 is 1.88 bits per heavy atom. The Balaban J connectivity index is 1.45. The number of hydrogen-bond acceptors (Lipinski definition) is 5. The normalized spacial score (nSPS) is 11.0. The van der Waals surface area contributed by atoms with E-state index in [1.165, 1.54) is 4.52 Å². The smallest absolute Gasteiger partial charge is 0.277 e. The monoisotopic (exact) mass is 470 g/mol. The van der Waals surface area contributed by atoms with E-state index in [1.807, 2.05) is 12.1 Å². The molecule has 4 rings (SSSR count). The molecule has 0 atom stereocenters. The number of nitrogens with zero attached hydrogens (tertiary/aromatic N) is 3. The van der Waals surface area contributed by atoms with E-state index in [0.29, 0.717) is 39.5 Å². The summed E-state index contributed by atoms with van der Waals surface area (Å²) in [5.41, 5.74) is 2.33. The van der Waals surface area contributed by atoms with Gasteiger partial charge in [-0.25, -0.2) is 4.98 Å². The maximum absolute atomic E-state index is 12.9. The largest absolute Gasteiger partial charge is 0.351 e. The molecule has 2 aromatic heterocycles. The van der Waals surface area contributed by atoms with Crippen LogP contribution >= 0.6 is 23.2 Å². The van der Waals surface area contributed by atoms with Crippen molar-refractivity contribution in [2.24, 2.45) is 0 Å². The highest BCUT2D eigenvalue weighted by Gasteiger charge is 2.15. The average molecular weight is 471 g/mol. The fourth-order valence-corrected chi connectivity index (χ4v) is 3.55. The van der Waals surface area contributed by atoms with Crippen LogP contribution in [-0.4, -0.2) is 25.5 Å². The predicted molar refractivity (Wildman–Crippen MR) is 126 cm³/mol. The molecule has 2 heterocycles. The number of aryl methyl sites for hydroxylation is 1. The summed E-state index contributed by atoms with van der Waals surface area (Å²) in [6, 6.07) is 14.3. The maximum Gasteiger partial charge on any atom is 0.277 e. The minimum atomic E-state index is -0.282. The van der Waals surface area contributed by atoms with Crippen molar-refractivity contribution in [2.75, 3.05) is 10.6 Å². The van der Waals surface area contributed by atoms with Crippen LogP contribution in [0.4, 0.5) is 11.6 Å². The number of carbonyl (C=O) groups excluding carboxylic acids is 1. The SMILES string of the molecule is Cc1nc2nc(NCc3ccc(Cl)cc3)[nH]n2c(=O)c1CCC(=O)Nc1cccc(Cl)c1. The molecule has 32 heavy (non-hydrogen) atoms. The van der Waals surface area contributed by atoms with E-state index in [4.69, 9.17) is 23.2 Å². The summed E-state index contributed by atoms with van der Waals surface area (Å²) >= 11 is 11.8. The highest BCUT2D eigenvalue weighted by Crippen LogP contribution is 2.16. The molecule has 0 aliphatic rings. The van der Waals surface area contributed by atoms with Crippen LogP contribution in [0.5, 0.6) is 0 Å². The highest BCUT2D eigenvalue weighted by molar-refractivity contribution is 6.31. The van der Waals surface area contributed by atoms with Gasteiger partial charge in [-0.2, -0.15) is 9.50 Å². The molecule has 8 nitrogen and oxygen atoms in total. The van der Waals surface area contributed by atoms with Gasteiger partial charge in [0.2, 0.25) is 11.9 Å². The molecule has 0 spiro atoms. The molecule has 10 heteroatoms. The number of aromatic amines is 1. The van der Waals surface area contributed by atoms with Crippen molar-refractivity contribution < 1.29 is 4.79 Å². The first-order valence-electron chi connectivity index (χ1n) is 9.91. The van der Waals surface area contributed by atoms with Crippen molar-refractivity contribution in [3.05, 3.63) is 85.8 Å².